The minimum atomic E-state index is -0.684. The summed E-state index contributed by atoms with van der Waals surface area (Å²) in [7, 11) is 0. The lowest BCUT2D eigenvalue weighted by Gasteiger charge is -2.15. The predicted octanol–water partition coefficient (Wildman–Crippen LogP) is -0.452. The van der Waals surface area contributed by atoms with Crippen molar-refractivity contribution < 1.29 is 9.59 Å². The van der Waals surface area contributed by atoms with Crippen molar-refractivity contribution in [1.82, 2.24) is 5.32 Å². The maximum Gasteiger partial charge on any atom is 0.240 e. The van der Waals surface area contributed by atoms with Crippen molar-refractivity contribution in [1.29, 1.82) is 0 Å². The van der Waals surface area contributed by atoms with Crippen LogP contribution in [0.2, 0.25) is 0 Å². The maximum atomic E-state index is 11.3. The third-order valence-corrected chi connectivity index (χ3v) is 2.33. The van der Waals surface area contributed by atoms with Gasteiger partial charge in [0, 0.05) is 19.4 Å². The summed E-state index contributed by atoms with van der Waals surface area (Å²) in [6.07, 6.45) is 0.588. The van der Waals surface area contributed by atoms with Crippen LogP contribution >= 0.6 is 0 Å². The molecule has 0 aliphatic rings. The van der Waals surface area contributed by atoms with Crippen LogP contribution in [-0.2, 0) is 16.0 Å². The van der Waals surface area contributed by atoms with Crippen LogP contribution in [0, 0.1) is 0 Å². The molecule has 0 bridgehead atoms. The molecule has 0 heterocycles. The molecule has 5 heteroatoms. The summed E-state index contributed by atoms with van der Waals surface area (Å²) in [5.41, 5.74) is 11.4. The maximum absolute atomic E-state index is 11.3. The van der Waals surface area contributed by atoms with E-state index >= 15 is 0 Å². The Bertz CT molecular complexity index is 379. The van der Waals surface area contributed by atoms with Gasteiger partial charge in [-0.2, -0.15) is 0 Å². The Balaban J connectivity index is 2.61. The van der Waals surface area contributed by atoms with E-state index in [1.54, 1.807) is 0 Å². The first-order valence-corrected chi connectivity index (χ1v) is 5.46. The second-order valence-corrected chi connectivity index (χ2v) is 3.75. The molecule has 1 aromatic carbocycles. The summed E-state index contributed by atoms with van der Waals surface area (Å²) < 4.78 is 0. The highest BCUT2D eigenvalue weighted by molar-refractivity contribution is 5.86. The number of hydrogen-bond donors (Lipinski definition) is 3. The number of rotatable bonds is 6. The molecule has 1 rings (SSSR count). The van der Waals surface area contributed by atoms with Crippen LogP contribution in [0.4, 0.5) is 0 Å². The Kier molecular flexibility index (Phi) is 5.16. The Hall–Kier alpha value is -1.88. The van der Waals surface area contributed by atoms with E-state index in [-0.39, 0.29) is 18.9 Å². The van der Waals surface area contributed by atoms with Crippen molar-refractivity contribution in [3.63, 3.8) is 0 Å². The van der Waals surface area contributed by atoms with Crippen LogP contribution in [0.15, 0.2) is 30.3 Å². The van der Waals surface area contributed by atoms with E-state index < -0.39 is 11.9 Å². The van der Waals surface area contributed by atoms with Crippen molar-refractivity contribution >= 4 is 11.8 Å². The van der Waals surface area contributed by atoms with Gasteiger partial charge in [0.05, 0.1) is 0 Å². The Morgan fingerprint density at radius 3 is 2.41 bits per heavy atom. The van der Waals surface area contributed by atoms with Gasteiger partial charge in [0.2, 0.25) is 11.8 Å². The molecule has 0 aromatic heterocycles. The van der Waals surface area contributed by atoms with Crippen LogP contribution in [0.25, 0.3) is 0 Å². The van der Waals surface area contributed by atoms with Crippen LogP contribution in [-0.4, -0.2) is 24.4 Å². The number of hydrogen-bond acceptors (Lipinski definition) is 3. The Morgan fingerprint density at radius 1 is 1.24 bits per heavy atom. The number of amides is 2. The predicted molar refractivity (Wildman–Crippen MR) is 64.9 cm³/mol. The lowest BCUT2D eigenvalue weighted by molar-refractivity contribution is -0.127. The quantitative estimate of drug-likeness (QED) is 0.622. The van der Waals surface area contributed by atoms with E-state index in [0.29, 0.717) is 6.42 Å². The Labute approximate surface area is 100 Å². The number of benzene rings is 1. The highest BCUT2D eigenvalue weighted by Crippen LogP contribution is 2.03. The molecule has 5 nitrogen and oxygen atoms in total. The van der Waals surface area contributed by atoms with E-state index in [2.05, 4.69) is 5.32 Å². The van der Waals surface area contributed by atoms with E-state index in [0.717, 1.165) is 5.56 Å². The van der Waals surface area contributed by atoms with Gasteiger partial charge in [0.15, 0.2) is 0 Å². The molecule has 0 spiro atoms. The van der Waals surface area contributed by atoms with Crippen molar-refractivity contribution in [2.45, 2.75) is 18.9 Å². The molecule has 1 unspecified atom stereocenters. The van der Waals surface area contributed by atoms with Gasteiger partial charge in [0.1, 0.15) is 6.04 Å². The molecule has 92 valence electrons. The van der Waals surface area contributed by atoms with Gasteiger partial charge in [-0.3, -0.25) is 9.59 Å². The smallest absolute Gasteiger partial charge is 0.240 e. The number of nitrogens with one attached hydrogen (secondary N) is 1. The molecule has 0 fully saturated rings. The van der Waals surface area contributed by atoms with Gasteiger partial charge < -0.3 is 16.8 Å². The lowest BCUT2D eigenvalue weighted by Crippen LogP contribution is -2.46. The summed E-state index contributed by atoms with van der Waals surface area (Å²) in [6, 6.07) is 8.70. The van der Waals surface area contributed by atoms with Crippen molar-refractivity contribution in [2.75, 3.05) is 6.54 Å². The highest BCUT2D eigenvalue weighted by Gasteiger charge is 2.17. The van der Waals surface area contributed by atoms with Crippen molar-refractivity contribution in [3.05, 3.63) is 35.9 Å². The fourth-order valence-corrected chi connectivity index (χ4v) is 1.47. The van der Waals surface area contributed by atoms with Crippen LogP contribution in [0.1, 0.15) is 12.0 Å². The average molecular weight is 235 g/mol. The zero-order valence-electron chi connectivity index (χ0n) is 9.56. The summed E-state index contributed by atoms with van der Waals surface area (Å²) in [6.45, 7) is 0.253. The number of carbonyl (C=O) groups is 2. The molecule has 0 radical (unpaired) electrons. The number of nitrogens with two attached hydrogens (primary N) is 2. The first-order valence-electron chi connectivity index (χ1n) is 5.46. The molecule has 0 aliphatic carbocycles. The third kappa shape index (κ3) is 4.65. The molecule has 0 saturated carbocycles. The molecule has 0 saturated heterocycles. The standard InChI is InChI=1S/C12H17N3O2/c13-7-6-11(16)15-10(12(14)17)8-9-4-2-1-3-5-9/h1-5,10H,6-8,13H2,(H2,14,17)(H,15,16). The molecular weight excluding hydrogens is 218 g/mol. The van der Waals surface area contributed by atoms with Gasteiger partial charge in [0.25, 0.3) is 0 Å². The van der Waals surface area contributed by atoms with Crippen LogP contribution in [0.3, 0.4) is 0 Å². The van der Waals surface area contributed by atoms with E-state index in [1.807, 2.05) is 30.3 Å². The molecule has 17 heavy (non-hydrogen) atoms. The van der Waals surface area contributed by atoms with Gasteiger partial charge >= 0.3 is 0 Å². The zero-order chi connectivity index (χ0) is 12.7. The fourth-order valence-electron chi connectivity index (χ4n) is 1.47. The first-order chi connectivity index (χ1) is 8.13. The van der Waals surface area contributed by atoms with E-state index in [4.69, 9.17) is 11.5 Å². The number of primary amides is 1. The monoisotopic (exact) mass is 235 g/mol. The van der Waals surface area contributed by atoms with Gasteiger partial charge in [-0.1, -0.05) is 30.3 Å². The highest BCUT2D eigenvalue weighted by atomic mass is 16.2. The topological polar surface area (TPSA) is 98.2 Å². The first kappa shape index (κ1) is 13.2. The fraction of sp³-hybridized carbons (Fsp3) is 0.333. The minimum absolute atomic E-state index is 0.193. The summed E-state index contributed by atoms with van der Waals surface area (Å²) in [4.78, 5) is 22.6. The van der Waals surface area contributed by atoms with Crippen molar-refractivity contribution in [3.8, 4) is 0 Å². The van der Waals surface area contributed by atoms with Gasteiger partial charge in [-0.25, -0.2) is 0 Å². The molecule has 0 aliphatic heterocycles. The molecule has 2 amide bonds. The minimum Gasteiger partial charge on any atom is -0.368 e. The SMILES string of the molecule is NCCC(=O)NC(Cc1ccccc1)C(N)=O. The number of carbonyl (C=O) groups excluding carboxylic acids is 2. The van der Waals surface area contributed by atoms with Crippen molar-refractivity contribution in [2.24, 2.45) is 11.5 Å². The normalized spacial score (nSPS) is 11.8. The van der Waals surface area contributed by atoms with Gasteiger partial charge in [-0.15, -0.1) is 0 Å². The largest absolute Gasteiger partial charge is 0.368 e. The summed E-state index contributed by atoms with van der Waals surface area (Å²) >= 11 is 0. The average Bonchev–Trinajstić information content (AvgIpc) is 2.29. The van der Waals surface area contributed by atoms with Crippen LogP contribution in [0.5, 0.6) is 0 Å². The molecular formula is C12H17N3O2. The van der Waals surface area contributed by atoms with E-state index in [1.165, 1.54) is 0 Å². The molecule has 1 aromatic rings. The summed E-state index contributed by atoms with van der Waals surface area (Å²) in [5, 5.41) is 2.57. The third-order valence-electron chi connectivity index (χ3n) is 2.33. The van der Waals surface area contributed by atoms with E-state index in [9.17, 15) is 9.59 Å². The second-order valence-electron chi connectivity index (χ2n) is 3.75. The molecule has 1 atom stereocenters. The van der Waals surface area contributed by atoms with Crippen LogP contribution < -0.4 is 16.8 Å². The van der Waals surface area contributed by atoms with Gasteiger partial charge in [-0.05, 0) is 5.56 Å². The second kappa shape index (κ2) is 6.65. The molecule has 5 N–H and O–H groups in total. The summed E-state index contributed by atoms with van der Waals surface area (Å²) in [5.74, 6) is -0.800. The lowest BCUT2D eigenvalue weighted by atomic mass is 10.1. The zero-order valence-corrected chi connectivity index (χ0v) is 9.56. The Morgan fingerprint density at radius 2 is 1.88 bits per heavy atom.